The molecule has 84 valence electrons. The van der Waals surface area contributed by atoms with Crippen molar-refractivity contribution in [3.05, 3.63) is 0 Å². The Hall–Kier alpha value is 0. The van der Waals surface area contributed by atoms with Crippen LogP contribution in [0.25, 0.3) is 0 Å². The first kappa shape index (κ1) is 18.7. The van der Waals surface area contributed by atoms with Gasteiger partial charge in [0.1, 0.15) is 0 Å². The monoisotopic (exact) mass is 188 g/mol. The minimum absolute atomic E-state index is 0.884. The molecule has 0 bridgehead atoms. The lowest BCUT2D eigenvalue weighted by molar-refractivity contribution is 0.626. The van der Waals surface area contributed by atoms with Crippen molar-refractivity contribution in [1.29, 1.82) is 0 Å². The topological polar surface area (TPSA) is 0 Å². The fraction of sp³-hybridized carbons (Fsp3) is 1.00. The summed E-state index contributed by atoms with van der Waals surface area (Å²) in [5, 5.41) is 0. The van der Waals surface area contributed by atoms with E-state index in [0.717, 1.165) is 11.8 Å². The van der Waals surface area contributed by atoms with Crippen LogP contribution in [0.4, 0.5) is 0 Å². The largest absolute Gasteiger partial charge is 0.0656 e. The smallest absolute Gasteiger partial charge is 0.0474 e. The van der Waals surface area contributed by atoms with E-state index in [1.165, 1.54) is 19.3 Å². The maximum absolute atomic E-state index is 2.22. The summed E-state index contributed by atoms with van der Waals surface area (Å²) in [4.78, 5) is 0. The third-order valence-corrected chi connectivity index (χ3v) is 1.63. The van der Waals surface area contributed by atoms with Gasteiger partial charge in [0.2, 0.25) is 0 Å². The van der Waals surface area contributed by atoms with E-state index in [4.69, 9.17) is 0 Å². The Bertz CT molecular complexity index is 45.1. The Balaban J connectivity index is -0.000000120. The first-order valence-corrected chi connectivity index (χ1v) is 5.95. The Morgan fingerprint density at radius 1 is 0.615 bits per heavy atom. The van der Waals surface area contributed by atoms with Crippen LogP contribution in [0.2, 0.25) is 0 Å². The zero-order valence-corrected chi connectivity index (χ0v) is 11.3. The van der Waals surface area contributed by atoms with Gasteiger partial charge in [0.05, 0.1) is 0 Å². The minimum Gasteiger partial charge on any atom is -0.0656 e. The molecule has 0 saturated carbocycles. The van der Waals surface area contributed by atoms with E-state index in [1.807, 2.05) is 0 Å². The molecule has 0 aromatic rings. The summed E-state index contributed by atoms with van der Waals surface area (Å²) in [6.07, 6.45) is 3.86. The molecule has 0 fully saturated rings. The Morgan fingerprint density at radius 2 is 0.692 bits per heavy atom. The molecule has 0 N–H and O–H groups in total. The zero-order chi connectivity index (χ0) is 11.3. The average Bonchev–Trinajstić information content (AvgIpc) is 2.07. The highest BCUT2D eigenvalue weighted by Gasteiger charge is 1.80. The summed E-state index contributed by atoms with van der Waals surface area (Å²) in [5.41, 5.74) is 0. The summed E-state index contributed by atoms with van der Waals surface area (Å²) >= 11 is 0. The Kier molecular flexibility index (Phi) is 25.8. The summed E-state index contributed by atoms with van der Waals surface area (Å²) < 4.78 is 0. The molecule has 0 nitrogen and oxygen atoms in total. The predicted molar refractivity (Wildman–Crippen MR) is 66.2 cm³/mol. The van der Waals surface area contributed by atoms with Crippen LogP contribution in [0.5, 0.6) is 0 Å². The van der Waals surface area contributed by atoms with E-state index < -0.39 is 0 Å². The molecule has 0 heterocycles. The number of rotatable bonds is 2. The van der Waals surface area contributed by atoms with Crippen molar-refractivity contribution >= 4 is 0 Å². The molecule has 0 aromatic heterocycles. The molecule has 0 saturated heterocycles. The standard InChI is InChI=1S/2C5H12.C3H8/c2*1-4-5(2)3;1-3-2/h2*5H,4H2,1-3H3;3H2,1-2H3. The van der Waals surface area contributed by atoms with Crippen LogP contribution in [-0.2, 0) is 0 Å². The fourth-order valence-electron chi connectivity index (χ4n) is 0. The second-order valence-electron chi connectivity index (χ2n) is 4.31. The van der Waals surface area contributed by atoms with Gasteiger partial charge in [-0.15, -0.1) is 0 Å². The van der Waals surface area contributed by atoms with Crippen molar-refractivity contribution < 1.29 is 0 Å². The highest BCUT2D eigenvalue weighted by molar-refractivity contribution is 4.33. The Morgan fingerprint density at radius 3 is 0.692 bits per heavy atom. The van der Waals surface area contributed by atoms with Crippen LogP contribution in [0.3, 0.4) is 0 Å². The quantitative estimate of drug-likeness (QED) is 0.535. The van der Waals surface area contributed by atoms with Crippen LogP contribution in [0.15, 0.2) is 0 Å². The van der Waals surface area contributed by atoms with E-state index in [1.54, 1.807) is 0 Å². The summed E-state index contributed by atoms with van der Waals surface area (Å²) in [7, 11) is 0. The van der Waals surface area contributed by atoms with Crippen molar-refractivity contribution in [1.82, 2.24) is 0 Å². The molecular weight excluding hydrogens is 156 g/mol. The first-order valence-electron chi connectivity index (χ1n) is 5.95. The van der Waals surface area contributed by atoms with Crippen LogP contribution in [0.1, 0.15) is 74.7 Å². The molecule has 0 aromatic carbocycles. The minimum atomic E-state index is 0.884. The molecular formula is C13H32. The average molecular weight is 188 g/mol. The van der Waals surface area contributed by atoms with Gasteiger partial charge in [-0.1, -0.05) is 74.7 Å². The molecule has 13 heavy (non-hydrogen) atoms. The molecule has 0 unspecified atom stereocenters. The lowest BCUT2D eigenvalue weighted by Gasteiger charge is -1.90. The fourth-order valence-corrected chi connectivity index (χ4v) is 0. The second-order valence-corrected chi connectivity index (χ2v) is 4.31. The van der Waals surface area contributed by atoms with Gasteiger partial charge in [-0.05, 0) is 11.8 Å². The number of hydrogen-bond donors (Lipinski definition) is 0. The predicted octanol–water partition coefficient (Wildman–Crippen LogP) is 5.52. The molecule has 0 aliphatic rings. The van der Waals surface area contributed by atoms with Crippen molar-refractivity contribution in [2.75, 3.05) is 0 Å². The van der Waals surface area contributed by atoms with Crippen LogP contribution in [-0.4, -0.2) is 0 Å². The maximum atomic E-state index is 2.22. The van der Waals surface area contributed by atoms with Gasteiger partial charge in [0.25, 0.3) is 0 Å². The third-order valence-electron chi connectivity index (χ3n) is 1.63. The van der Waals surface area contributed by atoms with E-state index in [-0.39, 0.29) is 0 Å². The lowest BCUT2D eigenvalue weighted by atomic mass is 10.2. The van der Waals surface area contributed by atoms with Gasteiger partial charge in [-0.2, -0.15) is 0 Å². The molecule has 0 heteroatoms. The van der Waals surface area contributed by atoms with Crippen molar-refractivity contribution in [3.63, 3.8) is 0 Å². The molecule has 0 aliphatic heterocycles. The molecule has 0 spiro atoms. The van der Waals surface area contributed by atoms with E-state index in [0.29, 0.717) is 0 Å². The van der Waals surface area contributed by atoms with E-state index in [2.05, 4.69) is 55.4 Å². The van der Waals surface area contributed by atoms with E-state index >= 15 is 0 Å². The van der Waals surface area contributed by atoms with Crippen LogP contribution in [0, 0.1) is 11.8 Å². The molecule has 0 amide bonds. The molecule has 0 rings (SSSR count). The summed E-state index contributed by atoms with van der Waals surface area (Å²) in [6, 6.07) is 0. The van der Waals surface area contributed by atoms with Gasteiger partial charge in [0, 0.05) is 0 Å². The highest BCUT2D eigenvalue weighted by Crippen LogP contribution is 1.94. The summed E-state index contributed by atoms with van der Waals surface area (Å²) in [5.74, 6) is 1.77. The zero-order valence-electron chi connectivity index (χ0n) is 11.3. The van der Waals surface area contributed by atoms with E-state index in [9.17, 15) is 0 Å². The highest BCUT2D eigenvalue weighted by atomic mass is 13.9. The van der Waals surface area contributed by atoms with Crippen LogP contribution < -0.4 is 0 Å². The van der Waals surface area contributed by atoms with Crippen molar-refractivity contribution in [2.24, 2.45) is 11.8 Å². The number of hydrogen-bond acceptors (Lipinski definition) is 0. The van der Waals surface area contributed by atoms with Crippen LogP contribution >= 0.6 is 0 Å². The van der Waals surface area contributed by atoms with Crippen molar-refractivity contribution in [2.45, 2.75) is 74.7 Å². The normalized spacial score (nSPS) is 8.77. The molecule has 0 aliphatic carbocycles. The molecule has 0 radical (unpaired) electrons. The van der Waals surface area contributed by atoms with Gasteiger partial charge in [-0.25, -0.2) is 0 Å². The van der Waals surface area contributed by atoms with Gasteiger partial charge >= 0.3 is 0 Å². The SMILES string of the molecule is CCC.CCC(C)C.CCC(C)C. The lowest BCUT2D eigenvalue weighted by Crippen LogP contribution is -1.77. The van der Waals surface area contributed by atoms with Crippen molar-refractivity contribution in [3.8, 4) is 0 Å². The second kappa shape index (κ2) is 17.9. The van der Waals surface area contributed by atoms with Gasteiger partial charge in [0.15, 0.2) is 0 Å². The van der Waals surface area contributed by atoms with Gasteiger partial charge < -0.3 is 0 Å². The first-order chi connectivity index (χ1) is 5.95. The summed E-state index contributed by atoms with van der Waals surface area (Å²) in [6.45, 7) is 17.5. The third kappa shape index (κ3) is 75.0. The molecule has 0 atom stereocenters. The maximum Gasteiger partial charge on any atom is -0.0474 e. The van der Waals surface area contributed by atoms with Gasteiger partial charge in [-0.3, -0.25) is 0 Å². The Labute approximate surface area is 87.1 Å².